The molecule has 2 aromatic rings. The number of methoxy groups -OCH3 is 2. The molecule has 41 heavy (non-hydrogen) atoms. The highest BCUT2D eigenvalue weighted by atomic mass is 19.2. The van der Waals surface area contributed by atoms with Gasteiger partial charge in [0.25, 0.3) is 0 Å². The van der Waals surface area contributed by atoms with Gasteiger partial charge in [-0.15, -0.1) is 0 Å². The van der Waals surface area contributed by atoms with Gasteiger partial charge in [-0.3, -0.25) is 24.3 Å². The van der Waals surface area contributed by atoms with Crippen LogP contribution in [0.4, 0.5) is 13.6 Å². The molecular formula is C28H31F2N5O6. The Hall–Kier alpha value is -4.10. The van der Waals surface area contributed by atoms with Crippen molar-refractivity contribution >= 4 is 29.9 Å². The highest BCUT2D eigenvalue weighted by molar-refractivity contribution is 6.10. The minimum absolute atomic E-state index is 0.00736. The van der Waals surface area contributed by atoms with Gasteiger partial charge in [0.2, 0.25) is 6.41 Å². The molecule has 218 valence electrons. The summed E-state index contributed by atoms with van der Waals surface area (Å²) in [5, 5.41) is 1.62. The average molecular weight is 572 g/mol. The smallest absolute Gasteiger partial charge is 0.363 e. The molecule has 1 aromatic carbocycles. The normalized spacial score (nSPS) is 20.0. The molecule has 2 atom stereocenters. The number of ether oxygens (including phenoxy) is 2. The number of carbonyl (C=O) groups is 4. The van der Waals surface area contributed by atoms with E-state index in [1.54, 1.807) is 6.20 Å². The second kappa shape index (κ2) is 13.5. The van der Waals surface area contributed by atoms with Crippen LogP contribution in [-0.4, -0.2) is 96.8 Å². The lowest BCUT2D eigenvalue weighted by Crippen LogP contribution is -2.57. The number of rotatable bonds is 11. The number of hydrogen-bond donors (Lipinski definition) is 0. The molecule has 2 aliphatic heterocycles. The van der Waals surface area contributed by atoms with Crippen LogP contribution in [0.15, 0.2) is 47.6 Å². The SMILES string of the molecule is COCC1=NC(=O)N(N(C=O)CC(=O)CN2CCC(c3ccccn3)CC2)C(c2ccc(F)c(F)c2)C1C(=O)OC. The largest absolute Gasteiger partial charge is 0.468 e. The molecule has 3 heterocycles. The van der Waals surface area contributed by atoms with Crippen molar-refractivity contribution in [3.05, 3.63) is 65.5 Å². The molecule has 4 rings (SSSR count). The minimum Gasteiger partial charge on any atom is -0.468 e. The number of amides is 3. The summed E-state index contributed by atoms with van der Waals surface area (Å²) >= 11 is 0. The number of carbonyl (C=O) groups excluding carboxylic acids is 4. The zero-order chi connectivity index (χ0) is 29.5. The summed E-state index contributed by atoms with van der Waals surface area (Å²) in [6.45, 7) is 0.551. The van der Waals surface area contributed by atoms with Gasteiger partial charge in [0, 0.05) is 24.9 Å². The quantitative estimate of drug-likeness (QED) is 0.298. The van der Waals surface area contributed by atoms with Crippen molar-refractivity contribution in [1.82, 2.24) is 19.9 Å². The molecule has 2 unspecified atom stereocenters. The molecule has 1 saturated heterocycles. The minimum atomic E-state index is -1.38. The predicted octanol–water partition coefficient (Wildman–Crippen LogP) is 2.54. The maximum absolute atomic E-state index is 14.3. The van der Waals surface area contributed by atoms with Crippen molar-refractivity contribution in [2.45, 2.75) is 24.8 Å². The first-order valence-electron chi connectivity index (χ1n) is 13.1. The molecule has 3 amide bonds. The summed E-state index contributed by atoms with van der Waals surface area (Å²) in [5.41, 5.74) is 0.973. The van der Waals surface area contributed by atoms with Crippen LogP contribution in [-0.2, 0) is 23.9 Å². The van der Waals surface area contributed by atoms with Crippen molar-refractivity contribution in [1.29, 1.82) is 0 Å². The topological polar surface area (TPSA) is 122 Å². The number of aromatic nitrogens is 1. The fourth-order valence-electron chi connectivity index (χ4n) is 5.30. The highest BCUT2D eigenvalue weighted by Crippen LogP contribution is 2.36. The van der Waals surface area contributed by atoms with Crippen molar-refractivity contribution in [2.24, 2.45) is 10.9 Å². The molecule has 1 fully saturated rings. The Labute approximate surface area is 235 Å². The van der Waals surface area contributed by atoms with Crippen molar-refractivity contribution in [3.8, 4) is 0 Å². The first kappa shape index (κ1) is 29.9. The number of aliphatic imine (C=N–C) groups is 1. The first-order valence-corrected chi connectivity index (χ1v) is 13.1. The Morgan fingerprint density at radius 1 is 1.12 bits per heavy atom. The van der Waals surface area contributed by atoms with Gasteiger partial charge in [-0.2, -0.15) is 4.99 Å². The average Bonchev–Trinajstić information content (AvgIpc) is 2.98. The number of esters is 1. The Kier molecular flexibility index (Phi) is 9.84. The first-order chi connectivity index (χ1) is 19.8. The van der Waals surface area contributed by atoms with E-state index in [1.807, 2.05) is 23.1 Å². The van der Waals surface area contributed by atoms with Gasteiger partial charge in [-0.1, -0.05) is 12.1 Å². The highest BCUT2D eigenvalue weighted by Gasteiger charge is 2.47. The lowest BCUT2D eigenvalue weighted by molar-refractivity contribution is -0.151. The van der Waals surface area contributed by atoms with Crippen molar-refractivity contribution < 1.29 is 37.4 Å². The van der Waals surface area contributed by atoms with Gasteiger partial charge < -0.3 is 9.47 Å². The van der Waals surface area contributed by atoms with Crippen molar-refractivity contribution in [3.63, 3.8) is 0 Å². The van der Waals surface area contributed by atoms with E-state index in [1.165, 1.54) is 13.2 Å². The van der Waals surface area contributed by atoms with E-state index in [0.717, 1.165) is 47.8 Å². The Balaban J connectivity index is 1.55. The number of hydrogen-bond acceptors (Lipinski definition) is 8. The Morgan fingerprint density at radius 2 is 1.88 bits per heavy atom. The van der Waals surface area contributed by atoms with Gasteiger partial charge in [-0.25, -0.2) is 23.6 Å². The van der Waals surface area contributed by atoms with E-state index in [-0.39, 0.29) is 42.5 Å². The lowest BCUT2D eigenvalue weighted by Gasteiger charge is -2.42. The maximum atomic E-state index is 14.3. The number of pyridine rings is 1. The zero-order valence-corrected chi connectivity index (χ0v) is 22.7. The third-order valence-electron chi connectivity index (χ3n) is 7.24. The number of hydrazine groups is 1. The van der Waals surface area contributed by atoms with E-state index < -0.39 is 42.1 Å². The van der Waals surface area contributed by atoms with Crippen LogP contribution in [0.25, 0.3) is 0 Å². The third-order valence-corrected chi connectivity index (χ3v) is 7.24. The Morgan fingerprint density at radius 3 is 2.49 bits per heavy atom. The number of urea groups is 1. The molecule has 2 aliphatic rings. The van der Waals surface area contributed by atoms with E-state index in [4.69, 9.17) is 9.47 Å². The second-order valence-electron chi connectivity index (χ2n) is 9.83. The number of Topliss-reactive ketones (excluding diaryl/α,β-unsaturated/α-hetero) is 1. The molecule has 13 heteroatoms. The monoisotopic (exact) mass is 571 g/mol. The van der Waals surface area contributed by atoms with Gasteiger partial charge in [0.1, 0.15) is 12.5 Å². The van der Waals surface area contributed by atoms with Gasteiger partial charge >= 0.3 is 12.0 Å². The number of nitrogens with zero attached hydrogens (tertiary/aromatic N) is 5. The van der Waals surface area contributed by atoms with E-state index in [2.05, 4.69) is 9.98 Å². The number of piperidine rings is 1. The second-order valence-corrected chi connectivity index (χ2v) is 9.83. The molecule has 0 saturated carbocycles. The van der Waals surface area contributed by atoms with Crippen LogP contribution in [0.2, 0.25) is 0 Å². The summed E-state index contributed by atoms with van der Waals surface area (Å²) in [4.78, 5) is 61.8. The van der Waals surface area contributed by atoms with Crippen LogP contribution < -0.4 is 0 Å². The zero-order valence-electron chi connectivity index (χ0n) is 22.7. The summed E-state index contributed by atoms with van der Waals surface area (Å²) in [5.74, 6) is -4.63. The van der Waals surface area contributed by atoms with Gasteiger partial charge in [0.05, 0.1) is 32.0 Å². The fourth-order valence-corrected chi connectivity index (χ4v) is 5.30. The van der Waals surface area contributed by atoms with Gasteiger partial charge in [-0.05, 0) is 55.8 Å². The predicted molar refractivity (Wildman–Crippen MR) is 142 cm³/mol. The standard InChI is InChI=1S/C28H31F2N5O6/c1-40-16-24-25(27(38)41-2)26(19-6-7-21(29)22(30)13-19)35(28(39)32-24)34(17-36)15-20(37)14-33-11-8-18(9-12-33)23-5-3-4-10-31-23/h3-7,10,13,17-18,25-26H,8-9,11-12,14-16H2,1-2H3. The maximum Gasteiger partial charge on any atom is 0.363 e. The number of benzene rings is 1. The number of likely N-dealkylation sites (tertiary alicyclic amines) is 1. The van der Waals surface area contributed by atoms with Crippen LogP contribution in [0.3, 0.4) is 0 Å². The molecule has 0 radical (unpaired) electrons. The third kappa shape index (κ3) is 6.80. The number of ketones is 1. The van der Waals surface area contributed by atoms with Crippen LogP contribution in [0, 0.1) is 17.6 Å². The summed E-state index contributed by atoms with van der Waals surface area (Å²) < 4.78 is 38.1. The number of halogens is 2. The Bertz CT molecular complexity index is 1300. The summed E-state index contributed by atoms with van der Waals surface area (Å²) in [6, 6.07) is 6.27. The lowest BCUT2D eigenvalue weighted by atomic mass is 9.87. The van der Waals surface area contributed by atoms with Crippen LogP contribution in [0.5, 0.6) is 0 Å². The van der Waals surface area contributed by atoms with Crippen LogP contribution >= 0.6 is 0 Å². The van der Waals surface area contributed by atoms with E-state index in [0.29, 0.717) is 13.1 Å². The van der Waals surface area contributed by atoms with Crippen molar-refractivity contribution in [2.75, 3.05) is 47.0 Å². The summed E-state index contributed by atoms with van der Waals surface area (Å²) in [7, 11) is 2.45. The summed E-state index contributed by atoms with van der Waals surface area (Å²) in [6.07, 6.45) is 3.63. The molecule has 1 aromatic heterocycles. The molecule has 0 N–H and O–H groups in total. The molecule has 0 bridgehead atoms. The molecule has 11 nitrogen and oxygen atoms in total. The van der Waals surface area contributed by atoms with E-state index in [9.17, 15) is 28.0 Å². The molecular weight excluding hydrogens is 540 g/mol. The van der Waals surface area contributed by atoms with E-state index >= 15 is 0 Å². The molecule has 0 aliphatic carbocycles. The fraction of sp³-hybridized carbons (Fsp3) is 0.429. The van der Waals surface area contributed by atoms with Gasteiger partial charge in [0.15, 0.2) is 17.4 Å². The molecule has 0 spiro atoms. The van der Waals surface area contributed by atoms with Crippen LogP contribution in [0.1, 0.15) is 36.1 Å².